The molecule has 0 radical (unpaired) electrons. The summed E-state index contributed by atoms with van der Waals surface area (Å²) in [4.78, 5) is 17.3. The molecule has 4 heterocycles. The molecular weight excluding hydrogens is 448 g/mol. The van der Waals surface area contributed by atoms with Crippen LogP contribution in [-0.2, 0) is 13.0 Å². The van der Waals surface area contributed by atoms with Crippen molar-refractivity contribution in [2.24, 2.45) is 0 Å². The van der Waals surface area contributed by atoms with E-state index >= 15 is 0 Å². The minimum Gasteiger partial charge on any atom is -0.328 e. The van der Waals surface area contributed by atoms with Gasteiger partial charge < -0.3 is 9.47 Å². The van der Waals surface area contributed by atoms with Gasteiger partial charge in [-0.25, -0.2) is 0 Å². The van der Waals surface area contributed by atoms with E-state index in [0.29, 0.717) is 0 Å². The van der Waals surface area contributed by atoms with E-state index in [4.69, 9.17) is 0 Å². The van der Waals surface area contributed by atoms with Crippen molar-refractivity contribution in [2.45, 2.75) is 51.1 Å². The molecule has 0 N–H and O–H groups in total. The van der Waals surface area contributed by atoms with Crippen molar-refractivity contribution in [1.82, 2.24) is 19.7 Å². The van der Waals surface area contributed by atoms with Crippen molar-refractivity contribution in [2.75, 3.05) is 6.54 Å². The molecule has 0 aliphatic carbocycles. The van der Waals surface area contributed by atoms with Crippen LogP contribution in [0.3, 0.4) is 0 Å². The Hall–Kier alpha value is -1.99. The third-order valence-corrected chi connectivity index (χ3v) is 7.55. The van der Waals surface area contributed by atoms with Gasteiger partial charge in [0.1, 0.15) is 5.82 Å². The Balaban J connectivity index is 1.40. The summed E-state index contributed by atoms with van der Waals surface area (Å²) in [5, 5.41) is 8.98. The lowest BCUT2D eigenvalue weighted by atomic mass is 10.2. The lowest BCUT2D eigenvalue weighted by molar-refractivity contribution is 0.0732. The van der Waals surface area contributed by atoms with Crippen molar-refractivity contribution in [1.29, 1.82) is 0 Å². The number of halogens is 1. The van der Waals surface area contributed by atoms with Crippen molar-refractivity contribution >= 4 is 33.2 Å². The molecule has 1 amide bonds. The molecule has 2 aliphatic heterocycles. The number of amides is 1. The lowest BCUT2D eigenvalue weighted by Crippen LogP contribution is -2.31. The highest BCUT2D eigenvalue weighted by atomic mass is 79.9. The van der Waals surface area contributed by atoms with Crippen molar-refractivity contribution in [3.63, 3.8) is 0 Å². The van der Waals surface area contributed by atoms with E-state index in [2.05, 4.69) is 48.9 Å². The molecule has 1 saturated heterocycles. The minimum atomic E-state index is 0.0417. The van der Waals surface area contributed by atoms with Gasteiger partial charge in [0.15, 0.2) is 5.82 Å². The molecule has 29 heavy (non-hydrogen) atoms. The number of hydrogen-bond donors (Lipinski definition) is 0. The molecule has 0 bridgehead atoms. The Morgan fingerprint density at radius 3 is 2.72 bits per heavy atom. The summed E-state index contributed by atoms with van der Waals surface area (Å²) in [6, 6.07) is 12.3. The van der Waals surface area contributed by atoms with Crippen LogP contribution in [0, 0.1) is 0 Å². The topological polar surface area (TPSA) is 51.0 Å². The fourth-order valence-corrected chi connectivity index (χ4v) is 5.63. The monoisotopic (exact) mass is 470 g/mol. The summed E-state index contributed by atoms with van der Waals surface area (Å²) in [5.74, 6) is 2.19. The van der Waals surface area contributed by atoms with Crippen LogP contribution in [0.25, 0.3) is 10.4 Å². The molecule has 1 atom stereocenters. The summed E-state index contributed by atoms with van der Waals surface area (Å²) in [5.41, 5.74) is 1.14. The van der Waals surface area contributed by atoms with Gasteiger partial charge in [0.25, 0.3) is 5.91 Å². The van der Waals surface area contributed by atoms with E-state index in [1.807, 2.05) is 23.1 Å². The molecule has 0 saturated carbocycles. The fraction of sp³-hybridized carbons (Fsp3) is 0.409. The molecule has 3 aromatic rings. The molecule has 2 aromatic heterocycles. The zero-order chi connectivity index (χ0) is 19.8. The lowest BCUT2D eigenvalue weighted by Gasteiger charge is -2.24. The van der Waals surface area contributed by atoms with E-state index in [9.17, 15) is 4.79 Å². The normalized spacial score (nSPS) is 19.2. The number of rotatable bonds is 3. The number of aryl methyl sites for hydroxylation is 1. The van der Waals surface area contributed by atoms with Crippen LogP contribution in [0.2, 0.25) is 0 Å². The Morgan fingerprint density at radius 1 is 1.00 bits per heavy atom. The van der Waals surface area contributed by atoms with Gasteiger partial charge in [-0.15, -0.1) is 21.5 Å². The van der Waals surface area contributed by atoms with Crippen LogP contribution in [-0.4, -0.2) is 32.1 Å². The van der Waals surface area contributed by atoms with Gasteiger partial charge in [-0.05, 0) is 55.5 Å². The first-order chi connectivity index (χ1) is 14.2. The van der Waals surface area contributed by atoms with Crippen LogP contribution >= 0.6 is 27.3 Å². The third kappa shape index (κ3) is 3.66. The quantitative estimate of drug-likeness (QED) is 0.509. The van der Waals surface area contributed by atoms with Gasteiger partial charge in [-0.2, -0.15) is 0 Å². The van der Waals surface area contributed by atoms with Gasteiger partial charge in [0, 0.05) is 28.9 Å². The molecular formula is C22H23BrN4OS. The standard InChI is InChI=1S/C22H23BrN4OS/c23-16-9-7-15(8-10-16)18-11-12-19(29-18)22(28)26-14-4-5-17(26)21-25-24-20-6-2-1-3-13-27(20)21/h7-12,17H,1-6,13-14H2. The molecule has 2 aliphatic rings. The SMILES string of the molecule is O=C(c1ccc(-c2ccc(Br)cc2)s1)N1CCCC1c1nnc2n1CCCCC2. The number of fused-ring (bicyclic) bond motifs is 1. The average Bonchev–Trinajstić information content (AvgIpc) is 3.45. The minimum absolute atomic E-state index is 0.0417. The molecule has 0 spiro atoms. The van der Waals surface area contributed by atoms with Crippen LogP contribution < -0.4 is 0 Å². The Bertz CT molecular complexity index is 1030. The first-order valence-corrected chi connectivity index (χ1v) is 11.9. The maximum absolute atomic E-state index is 13.4. The summed E-state index contributed by atoms with van der Waals surface area (Å²) in [6.45, 7) is 1.76. The predicted molar refractivity (Wildman–Crippen MR) is 118 cm³/mol. The second-order valence-electron chi connectivity index (χ2n) is 7.76. The molecule has 5 rings (SSSR count). The van der Waals surface area contributed by atoms with Crippen LogP contribution in [0.4, 0.5) is 0 Å². The summed E-state index contributed by atoms with van der Waals surface area (Å²) in [6.07, 6.45) is 6.57. The Labute approximate surface area is 182 Å². The number of carbonyl (C=O) groups is 1. The highest BCUT2D eigenvalue weighted by molar-refractivity contribution is 9.10. The number of benzene rings is 1. The smallest absolute Gasteiger partial charge is 0.264 e. The van der Waals surface area contributed by atoms with Crippen LogP contribution in [0.15, 0.2) is 40.9 Å². The van der Waals surface area contributed by atoms with E-state index < -0.39 is 0 Å². The van der Waals surface area contributed by atoms with Gasteiger partial charge in [0.05, 0.1) is 10.9 Å². The van der Waals surface area contributed by atoms with Crippen molar-refractivity contribution < 1.29 is 4.79 Å². The highest BCUT2D eigenvalue weighted by Gasteiger charge is 2.35. The number of carbonyl (C=O) groups excluding carboxylic acids is 1. The highest BCUT2D eigenvalue weighted by Crippen LogP contribution is 2.36. The number of hydrogen-bond acceptors (Lipinski definition) is 4. The Morgan fingerprint density at radius 2 is 1.86 bits per heavy atom. The van der Waals surface area contributed by atoms with Gasteiger partial charge >= 0.3 is 0 Å². The predicted octanol–water partition coefficient (Wildman–Crippen LogP) is 5.47. The number of thiophene rings is 1. The fourth-order valence-electron chi connectivity index (χ4n) is 4.40. The largest absolute Gasteiger partial charge is 0.328 e. The first kappa shape index (κ1) is 19.0. The van der Waals surface area contributed by atoms with Gasteiger partial charge in [-0.3, -0.25) is 4.79 Å². The summed E-state index contributed by atoms with van der Waals surface area (Å²) < 4.78 is 3.34. The van der Waals surface area contributed by atoms with Crippen molar-refractivity contribution in [3.8, 4) is 10.4 Å². The average molecular weight is 471 g/mol. The second kappa shape index (κ2) is 8.03. The van der Waals surface area contributed by atoms with Crippen LogP contribution in [0.1, 0.15) is 59.5 Å². The maximum atomic E-state index is 13.4. The molecule has 1 unspecified atom stereocenters. The zero-order valence-electron chi connectivity index (χ0n) is 16.2. The molecule has 1 fully saturated rings. The molecule has 1 aromatic carbocycles. The zero-order valence-corrected chi connectivity index (χ0v) is 18.6. The maximum Gasteiger partial charge on any atom is 0.264 e. The Kier molecular flexibility index (Phi) is 5.26. The second-order valence-corrected chi connectivity index (χ2v) is 9.76. The number of aromatic nitrogens is 3. The molecule has 5 nitrogen and oxygen atoms in total. The summed E-state index contributed by atoms with van der Waals surface area (Å²) >= 11 is 5.05. The molecule has 150 valence electrons. The van der Waals surface area contributed by atoms with E-state index in [-0.39, 0.29) is 11.9 Å². The summed E-state index contributed by atoms with van der Waals surface area (Å²) in [7, 11) is 0. The van der Waals surface area contributed by atoms with E-state index in [1.165, 1.54) is 19.3 Å². The van der Waals surface area contributed by atoms with Crippen molar-refractivity contribution in [3.05, 3.63) is 57.4 Å². The third-order valence-electron chi connectivity index (χ3n) is 5.90. The first-order valence-electron chi connectivity index (χ1n) is 10.3. The van der Waals surface area contributed by atoms with E-state index in [0.717, 1.165) is 63.8 Å². The number of nitrogens with zero attached hydrogens (tertiary/aromatic N) is 4. The van der Waals surface area contributed by atoms with Gasteiger partial charge in [0.2, 0.25) is 0 Å². The van der Waals surface area contributed by atoms with E-state index in [1.54, 1.807) is 11.3 Å². The molecule has 7 heteroatoms. The van der Waals surface area contributed by atoms with Crippen LogP contribution in [0.5, 0.6) is 0 Å². The van der Waals surface area contributed by atoms with Gasteiger partial charge in [-0.1, -0.05) is 34.5 Å². The number of likely N-dealkylation sites (tertiary alicyclic amines) is 1.